The van der Waals surface area contributed by atoms with Gasteiger partial charge in [0.05, 0.1) is 17.3 Å². The molecule has 0 aliphatic rings. The Kier molecular flexibility index (Phi) is 4.90. The third-order valence-corrected chi connectivity index (χ3v) is 3.96. The smallest absolute Gasteiger partial charge is 0.208 e. The van der Waals surface area contributed by atoms with Crippen molar-refractivity contribution < 1.29 is 8.42 Å². The number of aryl methyl sites for hydroxylation is 1. The van der Waals surface area contributed by atoms with Gasteiger partial charge in [0.25, 0.3) is 0 Å². The second kappa shape index (κ2) is 6.30. The van der Waals surface area contributed by atoms with Crippen molar-refractivity contribution in [3.05, 3.63) is 29.0 Å². The standard InChI is InChI=1S/C12H15Cl2N3O2S/c1-20(18,19)15-6-7-17-11-3-2-9(14)8-10(11)16-12(17)4-5-13/h2-3,8,15H,4-7H2,1H3. The number of rotatable bonds is 6. The fourth-order valence-electron chi connectivity index (χ4n) is 2.02. The van der Waals surface area contributed by atoms with E-state index in [0.717, 1.165) is 23.1 Å². The Morgan fingerprint density at radius 2 is 2.15 bits per heavy atom. The maximum Gasteiger partial charge on any atom is 0.208 e. The maximum atomic E-state index is 11.1. The quantitative estimate of drug-likeness (QED) is 0.821. The summed E-state index contributed by atoms with van der Waals surface area (Å²) < 4.78 is 26.6. The number of sulfonamides is 1. The Hall–Kier alpha value is -0.820. The monoisotopic (exact) mass is 335 g/mol. The van der Waals surface area contributed by atoms with Crippen LogP contribution in [0.25, 0.3) is 11.0 Å². The molecule has 1 aromatic carbocycles. The minimum Gasteiger partial charge on any atom is -0.327 e. The second-order valence-corrected chi connectivity index (χ2v) is 7.07. The van der Waals surface area contributed by atoms with Crippen molar-refractivity contribution in [1.29, 1.82) is 0 Å². The molecule has 0 fully saturated rings. The first-order chi connectivity index (χ1) is 9.40. The number of hydrogen-bond donors (Lipinski definition) is 1. The number of nitrogens with one attached hydrogen (secondary N) is 1. The average molecular weight is 336 g/mol. The number of aromatic nitrogens is 2. The lowest BCUT2D eigenvalue weighted by atomic mass is 10.3. The van der Waals surface area contributed by atoms with E-state index >= 15 is 0 Å². The zero-order valence-electron chi connectivity index (χ0n) is 10.9. The van der Waals surface area contributed by atoms with Crippen molar-refractivity contribution in [2.45, 2.75) is 13.0 Å². The summed E-state index contributed by atoms with van der Waals surface area (Å²) in [6.45, 7) is 0.805. The van der Waals surface area contributed by atoms with Crippen molar-refractivity contribution in [2.24, 2.45) is 0 Å². The lowest BCUT2D eigenvalue weighted by Gasteiger charge is -2.08. The molecule has 8 heteroatoms. The maximum absolute atomic E-state index is 11.1. The molecular formula is C12H15Cl2N3O2S. The molecule has 0 atom stereocenters. The van der Waals surface area contributed by atoms with Crippen molar-refractivity contribution in [3.8, 4) is 0 Å². The number of nitrogens with zero attached hydrogens (tertiary/aromatic N) is 2. The lowest BCUT2D eigenvalue weighted by Crippen LogP contribution is -2.26. The molecular weight excluding hydrogens is 321 g/mol. The van der Waals surface area contributed by atoms with Gasteiger partial charge in [0.2, 0.25) is 10.0 Å². The van der Waals surface area contributed by atoms with Gasteiger partial charge in [-0.1, -0.05) is 11.6 Å². The van der Waals surface area contributed by atoms with E-state index in [1.165, 1.54) is 0 Å². The highest BCUT2D eigenvalue weighted by molar-refractivity contribution is 7.88. The third-order valence-electron chi connectivity index (χ3n) is 2.81. The molecule has 0 aliphatic heterocycles. The average Bonchev–Trinajstić information content (AvgIpc) is 2.65. The van der Waals surface area contributed by atoms with Crippen molar-refractivity contribution in [2.75, 3.05) is 18.7 Å². The molecule has 5 nitrogen and oxygen atoms in total. The van der Waals surface area contributed by atoms with Gasteiger partial charge in [0, 0.05) is 30.4 Å². The largest absolute Gasteiger partial charge is 0.327 e. The van der Waals surface area contributed by atoms with Crippen molar-refractivity contribution in [1.82, 2.24) is 14.3 Å². The second-order valence-electron chi connectivity index (χ2n) is 4.42. The van der Waals surface area contributed by atoms with E-state index in [4.69, 9.17) is 23.2 Å². The van der Waals surface area contributed by atoms with Gasteiger partial charge in [0.1, 0.15) is 5.82 Å². The van der Waals surface area contributed by atoms with E-state index in [1.807, 2.05) is 10.6 Å². The van der Waals surface area contributed by atoms with Gasteiger partial charge in [-0.15, -0.1) is 11.6 Å². The summed E-state index contributed by atoms with van der Waals surface area (Å²) in [5.41, 5.74) is 1.71. The Balaban J connectivity index is 2.31. The summed E-state index contributed by atoms with van der Waals surface area (Å²) in [6, 6.07) is 5.45. The molecule has 1 aromatic heterocycles. The Labute approximate surface area is 127 Å². The summed E-state index contributed by atoms with van der Waals surface area (Å²) in [4.78, 5) is 4.50. The van der Waals surface area contributed by atoms with Crippen LogP contribution in [-0.4, -0.2) is 36.6 Å². The molecule has 0 aliphatic carbocycles. The van der Waals surface area contributed by atoms with Crippen molar-refractivity contribution >= 4 is 44.3 Å². The molecule has 0 spiro atoms. The summed E-state index contributed by atoms with van der Waals surface area (Å²) >= 11 is 11.7. The van der Waals surface area contributed by atoms with Gasteiger partial charge in [-0.05, 0) is 18.2 Å². The zero-order chi connectivity index (χ0) is 14.8. The van der Waals surface area contributed by atoms with E-state index in [0.29, 0.717) is 30.4 Å². The molecule has 2 rings (SSSR count). The Morgan fingerprint density at radius 3 is 2.80 bits per heavy atom. The molecule has 0 bridgehead atoms. The highest BCUT2D eigenvalue weighted by atomic mass is 35.5. The molecule has 0 radical (unpaired) electrons. The number of alkyl halides is 1. The van der Waals surface area contributed by atoms with Crippen LogP contribution >= 0.6 is 23.2 Å². The Bertz CT molecular complexity index is 713. The fraction of sp³-hybridized carbons (Fsp3) is 0.417. The van der Waals surface area contributed by atoms with Crippen LogP contribution in [0.2, 0.25) is 5.02 Å². The molecule has 20 heavy (non-hydrogen) atoms. The number of halogens is 2. The van der Waals surface area contributed by atoms with Gasteiger partial charge in [-0.3, -0.25) is 0 Å². The minimum atomic E-state index is -3.19. The minimum absolute atomic E-state index is 0.308. The van der Waals surface area contributed by atoms with Crippen LogP contribution in [0, 0.1) is 0 Å². The first-order valence-electron chi connectivity index (χ1n) is 6.06. The van der Waals surface area contributed by atoms with Gasteiger partial charge in [0.15, 0.2) is 0 Å². The van der Waals surface area contributed by atoms with E-state index in [-0.39, 0.29) is 0 Å². The van der Waals surface area contributed by atoms with E-state index in [2.05, 4.69) is 9.71 Å². The van der Waals surface area contributed by atoms with Gasteiger partial charge < -0.3 is 4.57 Å². The Morgan fingerprint density at radius 1 is 1.40 bits per heavy atom. The molecule has 2 aromatic rings. The molecule has 110 valence electrons. The number of fused-ring (bicyclic) bond motifs is 1. The molecule has 0 amide bonds. The van der Waals surface area contributed by atoms with E-state index in [9.17, 15) is 8.42 Å². The number of imidazole rings is 1. The molecule has 1 heterocycles. The van der Waals surface area contributed by atoms with E-state index in [1.54, 1.807) is 12.1 Å². The number of benzene rings is 1. The van der Waals surface area contributed by atoms with E-state index < -0.39 is 10.0 Å². The van der Waals surface area contributed by atoms with Crippen LogP contribution in [0.5, 0.6) is 0 Å². The highest BCUT2D eigenvalue weighted by Gasteiger charge is 2.11. The molecule has 0 saturated carbocycles. The van der Waals surface area contributed by atoms with Crippen LogP contribution in [0.3, 0.4) is 0 Å². The fourth-order valence-corrected chi connectivity index (χ4v) is 2.82. The van der Waals surface area contributed by atoms with Gasteiger partial charge in [-0.2, -0.15) is 0 Å². The molecule has 0 saturated heterocycles. The zero-order valence-corrected chi connectivity index (χ0v) is 13.3. The molecule has 1 N–H and O–H groups in total. The van der Waals surface area contributed by atoms with Crippen LogP contribution < -0.4 is 4.72 Å². The summed E-state index contributed by atoms with van der Waals surface area (Å²) in [6.07, 6.45) is 1.76. The lowest BCUT2D eigenvalue weighted by molar-refractivity contribution is 0.577. The van der Waals surface area contributed by atoms with Gasteiger partial charge >= 0.3 is 0 Å². The van der Waals surface area contributed by atoms with Crippen LogP contribution in [0.15, 0.2) is 18.2 Å². The van der Waals surface area contributed by atoms with Crippen LogP contribution in [0.4, 0.5) is 0 Å². The van der Waals surface area contributed by atoms with Crippen molar-refractivity contribution in [3.63, 3.8) is 0 Å². The first kappa shape index (κ1) is 15.6. The summed E-state index contributed by atoms with van der Waals surface area (Å²) in [5.74, 6) is 1.28. The van der Waals surface area contributed by atoms with Gasteiger partial charge in [-0.25, -0.2) is 18.1 Å². The molecule has 0 unspecified atom stereocenters. The topological polar surface area (TPSA) is 64.0 Å². The normalized spacial score (nSPS) is 12.2. The predicted octanol–water partition coefficient (Wildman–Crippen LogP) is 2.02. The number of hydrogen-bond acceptors (Lipinski definition) is 3. The SMILES string of the molecule is CS(=O)(=O)NCCn1c(CCCl)nc2cc(Cl)ccc21. The predicted molar refractivity (Wildman–Crippen MR) is 82.0 cm³/mol. The van der Waals surface area contributed by atoms with Crippen LogP contribution in [0.1, 0.15) is 5.82 Å². The highest BCUT2D eigenvalue weighted by Crippen LogP contribution is 2.21. The third kappa shape index (κ3) is 3.85. The van der Waals surface area contributed by atoms with Crippen LogP contribution in [-0.2, 0) is 23.0 Å². The summed E-state index contributed by atoms with van der Waals surface area (Å²) in [5, 5.41) is 0.619. The summed E-state index contributed by atoms with van der Waals surface area (Å²) in [7, 11) is -3.19. The first-order valence-corrected chi connectivity index (χ1v) is 8.86.